The van der Waals surface area contributed by atoms with E-state index in [9.17, 15) is 33.4 Å². The van der Waals surface area contributed by atoms with Crippen LogP contribution in [-0.4, -0.2) is 63.5 Å². The molecule has 0 aliphatic carbocycles. The van der Waals surface area contributed by atoms with Crippen LogP contribution < -0.4 is 16.4 Å². The van der Waals surface area contributed by atoms with E-state index in [1.54, 1.807) is 78.8 Å². The van der Waals surface area contributed by atoms with Crippen molar-refractivity contribution in [2.75, 3.05) is 6.16 Å². The second-order valence-corrected chi connectivity index (χ2v) is 15.0. The lowest BCUT2D eigenvalue weighted by atomic mass is 9.95. The molecule has 0 radical (unpaired) electrons. The van der Waals surface area contributed by atoms with Gasteiger partial charge in [-0.2, -0.15) is 0 Å². The first-order valence-electron chi connectivity index (χ1n) is 15.7. The molecule has 0 aromatic heterocycles. The van der Waals surface area contributed by atoms with Crippen LogP contribution in [0.2, 0.25) is 0 Å². The zero-order valence-electron chi connectivity index (χ0n) is 27.9. The largest absolute Gasteiger partial charge is 0.444 e. The van der Waals surface area contributed by atoms with Gasteiger partial charge in [0.15, 0.2) is 0 Å². The Hall–Kier alpha value is -3.08. The fourth-order valence-electron chi connectivity index (χ4n) is 4.54. The number of nitrogens with zero attached hydrogens (tertiary/aromatic N) is 1. The van der Waals surface area contributed by atoms with Gasteiger partial charge in [0.1, 0.15) is 24.6 Å². The summed E-state index contributed by atoms with van der Waals surface area (Å²) in [5.74, 6) is -5.93. The maximum Gasteiger partial charge on any atom is 0.417 e. The average Bonchev–Trinajstić information content (AvgIpc) is 2.96. The van der Waals surface area contributed by atoms with Gasteiger partial charge in [-0.3, -0.25) is 29.1 Å². The molecular formula is C32H53N4O8P. The first kappa shape index (κ1) is 39.9. The van der Waals surface area contributed by atoms with Crippen molar-refractivity contribution in [2.24, 2.45) is 29.4 Å². The van der Waals surface area contributed by atoms with Gasteiger partial charge in [0.25, 0.3) is 5.91 Å². The minimum absolute atomic E-state index is 0.0301. The zero-order chi connectivity index (χ0) is 34.5. The zero-order valence-corrected chi connectivity index (χ0v) is 28.8. The summed E-state index contributed by atoms with van der Waals surface area (Å²) in [7, 11) is -4.71. The summed E-state index contributed by atoms with van der Waals surface area (Å²) in [6, 6.07) is 6.45. The molecule has 254 valence electrons. The number of benzene rings is 1. The average molecular weight is 653 g/mol. The molecule has 0 bridgehead atoms. The molecular weight excluding hydrogens is 599 g/mol. The highest BCUT2D eigenvalue weighted by molar-refractivity contribution is 7.59. The van der Waals surface area contributed by atoms with Crippen molar-refractivity contribution in [1.82, 2.24) is 15.5 Å². The van der Waals surface area contributed by atoms with Crippen LogP contribution in [0.5, 0.6) is 0 Å². The minimum Gasteiger partial charge on any atom is -0.444 e. The smallest absolute Gasteiger partial charge is 0.417 e. The maximum atomic E-state index is 14.3. The summed E-state index contributed by atoms with van der Waals surface area (Å²) < 4.78 is 19.5. The van der Waals surface area contributed by atoms with Crippen LogP contribution in [0.25, 0.3) is 0 Å². The Morgan fingerprint density at radius 1 is 0.911 bits per heavy atom. The number of hydrogen-bond donors (Lipinski definition) is 4. The Kier molecular flexibility index (Phi) is 16.7. The number of carbonyl (C=O) groups excluding carboxylic acids is 5. The molecule has 0 aliphatic heterocycles. The topological polar surface area (TPSA) is 185 Å². The fraction of sp³-hybridized carbons (Fsp3) is 0.656. The second kappa shape index (κ2) is 18.8. The van der Waals surface area contributed by atoms with E-state index in [1.807, 2.05) is 6.92 Å². The van der Waals surface area contributed by atoms with Crippen molar-refractivity contribution in [1.29, 1.82) is 0 Å². The van der Waals surface area contributed by atoms with Crippen molar-refractivity contribution in [3.63, 3.8) is 0 Å². The summed E-state index contributed by atoms with van der Waals surface area (Å²) in [4.78, 5) is 78.1. The van der Waals surface area contributed by atoms with Gasteiger partial charge < -0.3 is 20.7 Å². The molecule has 0 heterocycles. The first-order chi connectivity index (χ1) is 20.9. The van der Waals surface area contributed by atoms with Crippen LogP contribution >= 0.6 is 7.37 Å². The number of ether oxygens (including phenoxy) is 1. The summed E-state index contributed by atoms with van der Waals surface area (Å²) >= 11 is 0. The lowest BCUT2D eigenvalue weighted by molar-refractivity contribution is -0.138. The van der Waals surface area contributed by atoms with E-state index in [0.29, 0.717) is 23.3 Å². The third-order valence-electron chi connectivity index (χ3n) is 7.66. The van der Waals surface area contributed by atoms with Gasteiger partial charge in [-0.25, -0.2) is 9.69 Å². The highest BCUT2D eigenvalue weighted by Gasteiger charge is 2.47. The Morgan fingerprint density at radius 3 is 2.00 bits per heavy atom. The van der Waals surface area contributed by atoms with Gasteiger partial charge in [-0.1, -0.05) is 98.6 Å². The number of nitrogens with one attached hydrogen (secondary N) is 2. The van der Waals surface area contributed by atoms with Crippen LogP contribution in [0.3, 0.4) is 0 Å². The predicted octanol–water partition coefficient (Wildman–Crippen LogP) is 4.39. The van der Waals surface area contributed by atoms with E-state index in [2.05, 4.69) is 10.6 Å². The molecule has 1 aromatic rings. The number of carbonyl (C=O) groups is 5. The van der Waals surface area contributed by atoms with E-state index in [4.69, 9.17) is 10.5 Å². The molecule has 5 amide bonds. The highest BCUT2D eigenvalue weighted by atomic mass is 31.2. The lowest BCUT2D eigenvalue weighted by Crippen LogP contribution is -2.59. The van der Waals surface area contributed by atoms with Crippen molar-refractivity contribution >= 4 is 37.1 Å². The molecule has 1 aromatic carbocycles. The molecule has 6 atom stereocenters. The van der Waals surface area contributed by atoms with E-state index in [-0.39, 0.29) is 37.2 Å². The monoisotopic (exact) mass is 652 g/mol. The normalized spacial score (nSPS) is 16.1. The molecule has 2 unspecified atom stereocenters. The Labute approximate surface area is 267 Å². The van der Waals surface area contributed by atoms with Crippen molar-refractivity contribution < 1.29 is 38.2 Å². The Balaban J connectivity index is 3.61. The number of amides is 5. The quantitative estimate of drug-likeness (QED) is 0.177. The molecule has 1 rings (SSSR count). The van der Waals surface area contributed by atoms with Gasteiger partial charge >= 0.3 is 6.09 Å². The van der Waals surface area contributed by atoms with Crippen LogP contribution in [0.15, 0.2) is 30.3 Å². The van der Waals surface area contributed by atoms with Gasteiger partial charge in [0.2, 0.25) is 25.1 Å². The number of imide groups is 2. The molecule has 0 aliphatic rings. The summed E-state index contributed by atoms with van der Waals surface area (Å²) in [6.45, 7) is 14.0. The summed E-state index contributed by atoms with van der Waals surface area (Å²) in [6.07, 6.45) is -1.31. The van der Waals surface area contributed by atoms with Gasteiger partial charge in [0, 0.05) is 6.42 Å². The third-order valence-corrected chi connectivity index (χ3v) is 9.78. The van der Waals surface area contributed by atoms with E-state index in [0.717, 1.165) is 0 Å². The van der Waals surface area contributed by atoms with Gasteiger partial charge in [-0.05, 0) is 35.7 Å². The number of rotatable bonds is 17. The maximum absolute atomic E-state index is 14.3. The van der Waals surface area contributed by atoms with Crippen LogP contribution in [0.4, 0.5) is 4.79 Å². The number of hydrogen-bond acceptors (Lipinski definition) is 8. The first-order valence-corrected chi connectivity index (χ1v) is 17.6. The second-order valence-electron chi connectivity index (χ2n) is 12.6. The van der Waals surface area contributed by atoms with E-state index >= 15 is 0 Å². The summed E-state index contributed by atoms with van der Waals surface area (Å²) in [5.41, 5.74) is 6.76. The third kappa shape index (κ3) is 13.0. The fourth-order valence-corrected chi connectivity index (χ4v) is 6.56. The van der Waals surface area contributed by atoms with Crippen LogP contribution in [0.1, 0.15) is 86.6 Å². The molecule has 45 heavy (non-hydrogen) atoms. The van der Waals surface area contributed by atoms with Crippen molar-refractivity contribution in [2.45, 2.75) is 106 Å². The molecule has 13 heteroatoms. The van der Waals surface area contributed by atoms with Gasteiger partial charge in [0.05, 0.1) is 6.04 Å². The summed E-state index contributed by atoms with van der Waals surface area (Å²) in [5, 5.41) is 4.80. The Morgan fingerprint density at radius 2 is 1.49 bits per heavy atom. The molecule has 12 nitrogen and oxygen atoms in total. The van der Waals surface area contributed by atoms with Crippen LogP contribution in [0, 0.1) is 23.7 Å². The van der Waals surface area contributed by atoms with Gasteiger partial charge in [-0.15, -0.1) is 0 Å². The molecule has 0 fully saturated rings. The standard InChI is InChI=1S/C32H53N4O8P/c1-9-22(7)28(33)30(39)35-29(23(8)10-2)31(40)36(32(41)44-18-24-14-12-11-13-15-24)27(17-21(5)6)45(42,43)19-26(38)34-25(37)16-20(3)4/h11-15,20-23,27-29H,9-10,16-19,33H2,1-8H3,(H,35,39)(H,42,43)(H,34,37,38)/t22-,23-,27?,28-,29-/m0/s1. The molecule has 0 saturated carbocycles. The van der Waals surface area contributed by atoms with Crippen LogP contribution in [-0.2, 0) is 35.1 Å². The molecule has 0 spiro atoms. The minimum atomic E-state index is -4.71. The molecule has 0 saturated heterocycles. The SMILES string of the molecule is CC[C@H](C)[C@H](N)C(=O)N[C@H](C(=O)N(C(=O)OCc1ccccc1)C(CC(C)C)P(=O)(O)CC(=O)NC(=O)CC(C)C)[C@@H](C)CC. The number of nitrogens with two attached hydrogens (primary N) is 1. The predicted molar refractivity (Wildman–Crippen MR) is 173 cm³/mol. The lowest BCUT2D eigenvalue weighted by Gasteiger charge is -2.37. The van der Waals surface area contributed by atoms with E-state index in [1.165, 1.54) is 0 Å². The molecule has 5 N–H and O–H groups in total. The van der Waals surface area contributed by atoms with E-state index < -0.39 is 67.0 Å². The van der Waals surface area contributed by atoms with Crippen molar-refractivity contribution in [3.8, 4) is 0 Å². The highest BCUT2D eigenvalue weighted by Crippen LogP contribution is 2.50. The Bertz CT molecular complexity index is 1190. The van der Waals surface area contributed by atoms with Crippen molar-refractivity contribution in [3.05, 3.63) is 35.9 Å².